The first-order valence-electron chi connectivity index (χ1n) is 8.87. The maximum atomic E-state index is 12.9. The highest BCUT2D eigenvalue weighted by molar-refractivity contribution is 5.78. The quantitative estimate of drug-likeness (QED) is 0.521. The van der Waals surface area contributed by atoms with Crippen LogP contribution in [0.25, 0.3) is 0 Å². The Morgan fingerprint density at radius 3 is 2.43 bits per heavy atom. The highest BCUT2D eigenvalue weighted by Crippen LogP contribution is 2.13. The number of aromatic nitrogens is 3. The molecule has 3 aromatic rings. The molecule has 0 bridgehead atoms. The molecule has 0 aliphatic carbocycles. The van der Waals surface area contributed by atoms with E-state index < -0.39 is 0 Å². The van der Waals surface area contributed by atoms with Crippen molar-refractivity contribution >= 4 is 23.4 Å². The number of carbonyl (C=O) groups is 1. The Morgan fingerprint density at radius 1 is 0.964 bits per heavy atom. The number of anilines is 3. The van der Waals surface area contributed by atoms with Crippen molar-refractivity contribution < 1.29 is 9.18 Å². The van der Waals surface area contributed by atoms with Crippen molar-refractivity contribution in [1.82, 2.24) is 20.5 Å². The molecule has 28 heavy (non-hydrogen) atoms. The van der Waals surface area contributed by atoms with Crippen LogP contribution in [-0.4, -0.2) is 34.2 Å². The van der Waals surface area contributed by atoms with Gasteiger partial charge in [0.2, 0.25) is 5.91 Å². The summed E-state index contributed by atoms with van der Waals surface area (Å²) >= 11 is 0. The summed E-state index contributed by atoms with van der Waals surface area (Å²) in [6, 6.07) is 13.3. The lowest BCUT2D eigenvalue weighted by molar-refractivity contribution is -0.120. The predicted octanol–water partition coefficient (Wildman–Crippen LogP) is 2.83. The van der Waals surface area contributed by atoms with Crippen molar-refractivity contribution in [2.24, 2.45) is 0 Å². The van der Waals surface area contributed by atoms with Gasteiger partial charge in [0, 0.05) is 19.3 Å². The topological polar surface area (TPSA) is 91.8 Å². The minimum Gasteiger partial charge on any atom is -0.367 e. The summed E-state index contributed by atoms with van der Waals surface area (Å²) in [4.78, 5) is 16.1. The Bertz CT molecular complexity index is 915. The summed E-state index contributed by atoms with van der Waals surface area (Å²) in [5, 5.41) is 17.2. The zero-order valence-corrected chi connectivity index (χ0v) is 15.4. The van der Waals surface area contributed by atoms with Crippen molar-refractivity contribution in [3.05, 3.63) is 71.7 Å². The van der Waals surface area contributed by atoms with Gasteiger partial charge in [0.05, 0.1) is 6.42 Å². The second-order valence-corrected chi connectivity index (χ2v) is 6.23. The van der Waals surface area contributed by atoms with Crippen molar-refractivity contribution in [3.63, 3.8) is 0 Å². The molecule has 0 spiro atoms. The Hall–Kier alpha value is -3.55. The van der Waals surface area contributed by atoms with Crippen LogP contribution < -0.4 is 16.0 Å². The van der Waals surface area contributed by atoms with Gasteiger partial charge in [0.25, 0.3) is 0 Å². The molecule has 3 rings (SSSR count). The van der Waals surface area contributed by atoms with Crippen LogP contribution in [0.1, 0.15) is 11.1 Å². The SMILES string of the molecule is Cc1ccnc(Nc2ccc(NCCNC(=O)Cc3ccc(F)cc3)nn2)c1. The van der Waals surface area contributed by atoms with Crippen molar-refractivity contribution in [2.45, 2.75) is 13.3 Å². The lowest BCUT2D eigenvalue weighted by Crippen LogP contribution is -2.30. The van der Waals surface area contributed by atoms with Crippen LogP contribution in [0.5, 0.6) is 0 Å². The van der Waals surface area contributed by atoms with E-state index in [0.29, 0.717) is 30.5 Å². The van der Waals surface area contributed by atoms with Crippen molar-refractivity contribution in [2.75, 3.05) is 23.7 Å². The number of hydrogen-bond acceptors (Lipinski definition) is 6. The maximum absolute atomic E-state index is 12.9. The van der Waals surface area contributed by atoms with Crippen LogP contribution in [0.2, 0.25) is 0 Å². The molecule has 0 unspecified atom stereocenters. The minimum atomic E-state index is -0.314. The summed E-state index contributed by atoms with van der Waals surface area (Å²) in [7, 11) is 0. The lowest BCUT2D eigenvalue weighted by Gasteiger charge is -2.08. The molecule has 0 aliphatic rings. The summed E-state index contributed by atoms with van der Waals surface area (Å²) in [5.41, 5.74) is 1.87. The Labute approximate surface area is 162 Å². The standard InChI is InChI=1S/C20H21FN6O/c1-14-8-9-22-19(12-14)25-18-7-6-17(26-27-18)23-10-11-24-20(28)13-15-2-4-16(21)5-3-15/h2-9,12H,10-11,13H2,1H3,(H,23,26)(H,24,28)(H,22,25,27). The molecule has 0 saturated heterocycles. The van der Waals surface area contributed by atoms with Crippen molar-refractivity contribution in [1.29, 1.82) is 0 Å². The van der Waals surface area contributed by atoms with Gasteiger partial charge in [-0.2, -0.15) is 0 Å². The van der Waals surface area contributed by atoms with E-state index >= 15 is 0 Å². The monoisotopic (exact) mass is 380 g/mol. The van der Waals surface area contributed by atoms with Crippen LogP contribution in [-0.2, 0) is 11.2 Å². The number of pyridine rings is 1. The average Bonchev–Trinajstić information content (AvgIpc) is 2.68. The molecule has 8 heteroatoms. The number of halogens is 1. The molecular weight excluding hydrogens is 359 g/mol. The highest BCUT2D eigenvalue weighted by atomic mass is 19.1. The molecule has 0 aliphatic heterocycles. The normalized spacial score (nSPS) is 10.4. The van der Waals surface area contributed by atoms with E-state index in [4.69, 9.17) is 0 Å². The van der Waals surface area contributed by atoms with Crippen molar-refractivity contribution in [3.8, 4) is 0 Å². The second kappa shape index (κ2) is 9.40. The van der Waals surface area contributed by atoms with E-state index in [1.165, 1.54) is 12.1 Å². The van der Waals surface area contributed by atoms with Crippen LogP contribution in [0.4, 0.5) is 21.8 Å². The molecule has 1 amide bonds. The van der Waals surface area contributed by atoms with Crippen LogP contribution >= 0.6 is 0 Å². The van der Waals surface area contributed by atoms with E-state index in [9.17, 15) is 9.18 Å². The number of benzene rings is 1. The lowest BCUT2D eigenvalue weighted by atomic mass is 10.1. The molecule has 7 nitrogen and oxygen atoms in total. The van der Waals surface area contributed by atoms with Gasteiger partial charge in [-0.1, -0.05) is 12.1 Å². The van der Waals surface area contributed by atoms with Gasteiger partial charge < -0.3 is 16.0 Å². The largest absolute Gasteiger partial charge is 0.367 e. The smallest absolute Gasteiger partial charge is 0.224 e. The number of amides is 1. The highest BCUT2D eigenvalue weighted by Gasteiger charge is 2.04. The molecule has 2 heterocycles. The number of rotatable bonds is 8. The first kappa shape index (κ1) is 19.2. The van der Waals surface area contributed by atoms with Crippen LogP contribution in [0, 0.1) is 12.7 Å². The van der Waals surface area contributed by atoms with Gasteiger partial charge in [0.15, 0.2) is 5.82 Å². The number of aryl methyl sites for hydroxylation is 1. The van der Waals surface area contributed by atoms with Gasteiger partial charge in [-0.3, -0.25) is 4.79 Å². The third-order valence-corrected chi connectivity index (χ3v) is 3.87. The fourth-order valence-corrected chi connectivity index (χ4v) is 2.47. The molecule has 2 aromatic heterocycles. The van der Waals surface area contributed by atoms with Crippen LogP contribution in [0.15, 0.2) is 54.7 Å². The summed E-state index contributed by atoms with van der Waals surface area (Å²) < 4.78 is 12.9. The number of nitrogens with zero attached hydrogens (tertiary/aromatic N) is 3. The fourth-order valence-electron chi connectivity index (χ4n) is 2.47. The Balaban J connectivity index is 1.39. The predicted molar refractivity (Wildman–Crippen MR) is 106 cm³/mol. The Morgan fingerprint density at radius 2 is 1.71 bits per heavy atom. The fraction of sp³-hybridized carbons (Fsp3) is 0.200. The molecule has 0 saturated carbocycles. The molecule has 1 aromatic carbocycles. The summed E-state index contributed by atoms with van der Waals surface area (Å²) in [6.45, 7) is 2.94. The molecule has 0 fully saturated rings. The summed E-state index contributed by atoms with van der Waals surface area (Å²) in [5.74, 6) is 1.47. The molecule has 144 valence electrons. The summed E-state index contributed by atoms with van der Waals surface area (Å²) in [6.07, 6.45) is 1.94. The van der Waals surface area contributed by atoms with Gasteiger partial charge in [0.1, 0.15) is 17.5 Å². The van der Waals surface area contributed by atoms with Gasteiger partial charge in [-0.05, 0) is 54.4 Å². The van der Waals surface area contributed by atoms with E-state index in [1.807, 2.05) is 19.1 Å². The Kier molecular flexibility index (Phi) is 6.46. The third kappa shape index (κ3) is 6.01. The molecular formula is C20H21FN6O. The second-order valence-electron chi connectivity index (χ2n) is 6.23. The number of hydrogen-bond donors (Lipinski definition) is 3. The van der Waals surface area contributed by atoms with E-state index in [0.717, 1.165) is 11.1 Å². The van der Waals surface area contributed by atoms with Gasteiger partial charge in [-0.15, -0.1) is 10.2 Å². The van der Waals surface area contributed by atoms with Gasteiger partial charge >= 0.3 is 0 Å². The zero-order chi connectivity index (χ0) is 19.8. The molecule has 0 radical (unpaired) electrons. The maximum Gasteiger partial charge on any atom is 0.224 e. The zero-order valence-electron chi connectivity index (χ0n) is 15.4. The van der Waals surface area contributed by atoms with E-state index in [1.54, 1.807) is 30.5 Å². The van der Waals surface area contributed by atoms with E-state index in [2.05, 4.69) is 31.1 Å². The van der Waals surface area contributed by atoms with E-state index in [-0.39, 0.29) is 18.1 Å². The van der Waals surface area contributed by atoms with Gasteiger partial charge in [-0.25, -0.2) is 9.37 Å². The van der Waals surface area contributed by atoms with Crippen LogP contribution in [0.3, 0.4) is 0 Å². The average molecular weight is 380 g/mol. The molecule has 3 N–H and O–H groups in total. The third-order valence-electron chi connectivity index (χ3n) is 3.87. The minimum absolute atomic E-state index is 0.121. The first-order chi connectivity index (χ1) is 13.6. The number of nitrogens with one attached hydrogen (secondary N) is 3. The number of carbonyl (C=O) groups excluding carboxylic acids is 1. The first-order valence-corrected chi connectivity index (χ1v) is 8.87. The molecule has 0 atom stereocenters.